The third kappa shape index (κ3) is 60.1. The normalized spacial score (nSPS) is 12.3. The summed E-state index contributed by atoms with van der Waals surface area (Å²) in [5.41, 5.74) is 0. The van der Waals surface area contributed by atoms with Crippen LogP contribution >= 0.6 is 0 Å². The fourth-order valence-corrected chi connectivity index (χ4v) is 9.45. The van der Waals surface area contributed by atoms with Gasteiger partial charge in [-0.2, -0.15) is 0 Å². The number of unbranched alkanes of at least 4 members (excludes halogenated alkanes) is 40. The van der Waals surface area contributed by atoms with E-state index in [2.05, 4.69) is 69.4 Å². The summed E-state index contributed by atoms with van der Waals surface area (Å²) < 4.78 is 16.9. The van der Waals surface area contributed by atoms with Gasteiger partial charge in [-0.15, -0.1) is 0 Å². The summed E-state index contributed by atoms with van der Waals surface area (Å²) in [6.45, 7) is 6.63. The average Bonchev–Trinajstić information content (AvgIpc) is 3.39. The summed E-state index contributed by atoms with van der Waals surface area (Å²) in [5.74, 6) is -0.905. The van der Waals surface area contributed by atoms with E-state index in [1.165, 1.54) is 231 Å². The van der Waals surface area contributed by atoms with Gasteiger partial charge < -0.3 is 14.2 Å². The smallest absolute Gasteiger partial charge is 0.306 e. The number of hydrogen-bond acceptors (Lipinski definition) is 6. The maximum absolute atomic E-state index is 12.9. The third-order valence-electron chi connectivity index (χ3n) is 14.3. The lowest BCUT2D eigenvalue weighted by Gasteiger charge is -2.18. The van der Waals surface area contributed by atoms with Crippen molar-refractivity contribution in [2.24, 2.45) is 0 Å². The number of esters is 3. The van der Waals surface area contributed by atoms with E-state index in [9.17, 15) is 14.4 Å². The van der Waals surface area contributed by atoms with Gasteiger partial charge in [0.25, 0.3) is 0 Å². The Morgan fingerprint density at radius 2 is 0.493 bits per heavy atom. The maximum Gasteiger partial charge on any atom is 0.306 e. The molecule has 0 aliphatic carbocycles. The first kappa shape index (κ1) is 70.4. The molecule has 0 unspecified atom stereocenters. The Bertz CT molecular complexity index is 1270. The molecule has 0 saturated carbocycles. The van der Waals surface area contributed by atoms with Crippen LogP contribution in [0, 0.1) is 0 Å². The molecule has 0 spiro atoms. The van der Waals surface area contributed by atoms with Crippen molar-refractivity contribution in [3.8, 4) is 0 Å². The number of ether oxygens (including phenoxy) is 3. The molecular weight excluding hydrogens is 901 g/mol. The van der Waals surface area contributed by atoms with Gasteiger partial charge in [-0.1, -0.05) is 288 Å². The van der Waals surface area contributed by atoms with Crippen molar-refractivity contribution in [1.82, 2.24) is 0 Å². The molecule has 0 heterocycles. The number of rotatable bonds is 59. The van der Waals surface area contributed by atoms with Crippen LogP contribution in [0.15, 0.2) is 48.6 Å². The third-order valence-corrected chi connectivity index (χ3v) is 14.3. The predicted molar refractivity (Wildman–Crippen MR) is 316 cm³/mol. The topological polar surface area (TPSA) is 78.9 Å². The van der Waals surface area contributed by atoms with Crippen molar-refractivity contribution in [1.29, 1.82) is 0 Å². The molecule has 73 heavy (non-hydrogen) atoms. The Labute approximate surface area is 454 Å². The second-order valence-corrected chi connectivity index (χ2v) is 21.7. The molecule has 0 aromatic carbocycles. The molecule has 0 aliphatic heterocycles. The van der Waals surface area contributed by atoms with Crippen LogP contribution in [0.3, 0.4) is 0 Å². The Balaban J connectivity index is 4.34. The molecule has 6 heteroatoms. The summed E-state index contributed by atoms with van der Waals surface area (Å²) in [5, 5.41) is 0. The molecule has 0 N–H and O–H groups in total. The molecule has 0 saturated heterocycles. The standard InChI is InChI=1S/C67H122O6/c1-4-7-10-13-16-19-22-25-28-30-32-33-35-37-40-42-45-48-51-54-57-60-66(69)72-63-64(73-67(70)61-58-55-52-49-46-43-38-27-24-21-18-15-12-9-6-3)62-71-65(68)59-56-53-50-47-44-41-39-36-34-31-29-26-23-20-17-14-11-8-5-2/h18,21,26-27,29,38,46,49,64H,4-17,19-20,22-25,28,30-37,39-45,47-48,50-63H2,1-3H3/b21-18-,29-26-,38-27-,49-46-/t64-/m1/s1. The Morgan fingerprint density at radius 1 is 0.274 bits per heavy atom. The van der Waals surface area contributed by atoms with E-state index in [-0.39, 0.29) is 37.5 Å². The largest absolute Gasteiger partial charge is 0.462 e. The molecule has 6 nitrogen and oxygen atoms in total. The lowest BCUT2D eigenvalue weighted by molar-refractivity contribution is -0.167. The Hall–Kier alpha value is -2.63. The van der Waals surface area contributed by atoms with E-state index in [0.29, 0.717) is 19.3 Å². The van der Waals surface area contributed by atoms with Crippen LogP contribution in [0.1, 0.15) is 342 Å². The lowest BCUT2D eigenvalue weighted by atomic mass is 10.0. The van der Waals surface area contributed by atoms with Gasteiger partial charge in [0.1, 0.15) is 13.2 Å². The van der Waals surface area contributed by atoms with E-state index >= 15 is 0 Å². The minimum Gasteiger partial charge on any atom is -0.462 e. The summed E-state index contributed by atoms with van der Waals surface area (Å²) >= 11 is 0. The molecule has 0 bridgehead atoms. The molecule has 0 aromatic heterocycles. The molecule has 0 amide bonds. The Kier molecular flexibility index (Phi) is 59.7. The van der Waals surface area contributed by atoms with Gasteiger partial charge >= 0.3 is 17.9 Å². The fraction of sp³-hybridized carbons (Fsp3) is 0.836. The predicted octanol–water partition coefficient (Wildman–Crippen LogP) is 21.8. The van der Waals surface area contributed by atoms with Crippen LogP contribution in [-0.2, 0) is 28.6 Å². The number of hydrogen-bond donors (Lipinski definition) is 0. The highest BCUT2D eigenvalue weighted by atomic mass is 16.6. The summed E-state index contributed by atoms with van der Waals surface area (Å²) in [4.78, 5) is 38.3. The van der Waals surface area contributed by atoms with Crippen molar-refractivity contribution in [3.05, 3.63) is 48.6 Å². The van der Waals surface area contributed by atoms with Crippen LogP contribution in [0.5, 0.6) is 0 Å². The second-order valence-electron chi connectivity index (χ2n) is 21.7. The zero-order valence-corrected chi connectivity index (χ0v) is 48.9. The highest BCUT2D eigenvalue weighted by molar-refractivity contribution is 5.71. The van der Waals surface area contributed by atoms with Gasteiger partial charge in [-0.05, 0) is 83.5 Å². The first-order valence-electron chi connectivity index (χ1n) is 32.1. The van der Waals surface area contributed by atoms with Crippen LogP contribution in [-0.4, -0.2) is 37.2 Å². The van der Waals surface area contributed by atoms with Crippen LogP contribution in [0.25, 0.3) is 0 Å². The molecule has 426 valence electrons. The van der Waals surface area contributed by atoms with Gasteiger partial charge in [-0.3, -0.25) is 14.4 Å². The first-order chi connectivity index (χ1) is 36.0. The highest BCUT2D eigenvalue weighted by Gasteiger charge is 2.19. The zero-order valence-electron chi connectivity index (χ0n) is 48.9. The van der Waals surface area contributed by atoms with Gasteiger partial charge in [0.05, 0.1) is 0 Å². The summed E-state index contributed by atoms with van der Waals surface area (Å²) in [7, 11) is 0. The van der Waals surface area contributed by atoms with E-state index in [1.54, 1.807) is 0 Å². The van der Waals surface area contributed by atoms with E-state index < -0.39 is 6.10 Å². The number of carbonyl (C=O) groups is 3. The SMILES string of the molecule is CCCCC/C=C\C/C=C\C/C=C\CCCCC(=O)O[C@H](COC(=O)CCCCCCCCCCC/C=C\CCCCCCCC)COC(=O)CCCCCCCCCCCCCCCCCCCCCCC. The molecule has 0 aromatic rings. The molecule has 0 rings (SSSR count). The van der Waals surface area contributed by atoms with Crippen LogP contribution in [0.2, 0.25) is 0 Å². The lowest BCUT2D eigenvalue weighted by Crippen LogP contribution is -2.30. The number of carbonyl (C=O) groups excluding carboxylic acids is 3. The monoisotopic (exact) mass is 1020 g/mol. The fourth-order valence-electron chi connectivity index (χ4n) is 9.45. The van der Waals surface area contributed by atoms with Crippen molar-refractivity contribution < 1.29 is 28.6 Å². The molecule has 1 atom stereocenters. The minimum absolute atomic E-state index is 0.0854. The second kappa shape index (κ2) is 61.9. The molecular formula is C67H122O6. The average molecular weight is 1020 g/mol. The first-order valence-corrected chi connectivity index (χ1v) is 32.1. The van der Waals surface area contributed by atoms with Gasteiger partial charge in [0.15, 0.2) is 6.10 Å². The van der Waals surface area contributed by atoms with Gasteiger partial charge in [0, 0.05) is 19.3 Å². The van der Waals surface area contributed by atoms with Crippen LogP contribution in [0.4, 0.5) is 0 Å². The Morgan fingerprint density at radius 3 is 0.836 bits per heavy atom. The molecule has 0 fully saturated rings. The van der Waals surface area contributed by atoms with E-state index in [0.717, 1.165) is 64.2 Å². The summed E-state index contributed by atoms with van der Waals surface area (Å²) in [6, 6.07) is 0. The van der Waals surface area contributed by atoms with Gasteiger partial charge in [0.2, 0.25) is 0 Å². The van der Waals surface area contributed by atoms with E-state index in [4.69, 9.17) is 14.2 Å². The summed E-state index contributed by atoms with van der Waals surface area (Å²) in [6.07, 6.45) is 76.9. The van der Waals surface area contributed by atoms with Gasteiger partial charge in [-0.25, -0.2) is 0 Å². The van der Waals surface area contributed by atoms with E-state index in [1.807, 2.05) is 0 Å². The zero-order chi connectivity index (χ0) is 52.9. The number of allylic oxidation sites excluding steroid dienone is 8. The molecule has 0 radical (unpaired) electrons. The van der Waals surface area contributed by atoms with Crippen molar-refractivity contribution >= 4 is 17.9 Å². The maximum atomic E-state index is 12.9. The van der Waals surface area contributed by atoms with Crippen molar-refractivity contribution in [2.45, 2.75) is 348 Å². The minimum atomic E-state index is -0.792. The molecule has 0 aliphatic rings. The van der Waals surface area contributed by atoms with Crippen molar-refractivity contribution in [2.75, 3.05) is 13.2 Å². The highest BCUT2D eigenvalue weighted by Crippen LogP contribution is 2.17. The van der Waals surface area contributed by atoms with Crippen LogP contribution < -0.4 is 0 Å². The van der Waals surface area contributed by atoms with Crippen molar-refractivity contribution in [3.63, 3.8) is 0 Å². The quantitative estimate of drug-likeness (QED) is 0.0261.